The summed E-state index contributed by atoms with van der Waals surface area (Å²) in [6.45, 7) is -0.218. The van der Waals surface area contributed by atoms with E-state index in [4.69, 9.17) is 35.0 Å². The van der Waals surface area contributed by atoms with Crippen molar-refractivity contribution in [2.45, 2.75) is 12.2 Å². The average molecular weight is 619 g/mol. The first-order valence-corrected chi connectivity index (χ1v) is 13.5. The van der Waals surface area contributed by atoms with Gasteiger partial charge in [0.2, 0.25) is 11.2 Å². The molecule has 5 aromatic rings. The molecule has 0 radical (unpaired) electrons. The number of benzene rings is 4. The maximum atomic E-state index is 12.9. The zero-order valence-corrected chi connectivity index (χ0v) is 23.6. The van der Waals surface area contributed by atoms with Crippen LogP contribution in [0.15, 0.2) is 82.0 Å². The van der Waals surface area contributed by atoms with Gasteiger partial charge in [-0.15, -0.1) is 0 Å². The third-order valence-electron chi connectivity index (χ3n) is 7.00. The second kappa shape index (κ2) is 11.3. The number of ether oxygens (including phenoxy) is 4. The highest BCUT2D eigenvalue weighted by atomic mass is 35.5. The zero-order chi connectivity index (χ0) is 31.1. The summed E-state index contributed by atoms with van der Waals surface area (Å²) < 4.78 is 29.1. The molecule has 12 heteroatoms. The number of phenols is 3. The minimum Gasteiger partial charge on any atom is -0.508 e. The van der Waals surface area contributed by atoms with Gasteiger partial charge in [0.15, 0.2) is 41.0 Å². The molecule has 6 rings (SSSR count). The van der Waals surface area contributed by atoms with Crippen LogP contribution in [0.1, 0.15) is 22.0 Å². The minimum absolute atomic E-state index is 0.0970. The Hall–Kier alpha value is -5.55. The molecular formula is C32H23ClO11. The first kappa shape index (κ1) is 28.6. The average Bonchev–Trinajstić information content (AvgIpc) is 3.01. The van der Waals surface area contributed by atoms with E-state index in [1.807, 2.05) is 0 Å². The lowest BCUT2D eigenvalue weighted by molar-refractivity contribution is -0.0255. The number of methoxy groups -OCH3 is 1. The summed E-state index contributed by atoms with van der Waals surface area (Å²) in [6.07, 6.45) is -1.73. The fourth-order valence-electron chi connectivity index (χ4n) is 4.85. The van der Waals surface area contributed by atoms with E-state index in [0.29, 0.717) is 10.6 Å². The molecule has 224 valence electrons. The zero-order valence-electron chi connectivity index (χ0n) is 22.8. The maximum Gasteiger partial charge on any atom is 0.338 e. The maximum absolute atomic E-state index is 12.9. The number of fused-ring (bicyclic) bond motifs is 2. The quantitative estimate of drug-likeness (QED) is 0.173. The monoisotopic (exact) mass is 618 g/mol. The van der Waals surface area contributed by atoms with Crippen LogP contribution in [-0.4, -0.2) is 46.2 Å². The van der Waals surface area contributed by atoms with Crippen LogP contribution < -0.4 is 19.6 Å². The first-order valence-electron chi connectivity index (χ1n) is 13.1. The van der Waals surface area contributed by atoms with Crippen LogP contribution in [0, 0.1) is 0 Å². The molecule has 0 spiro atoms. The molecule has 0 amide bonds. The van der Waals surface area contributed by atoms with E-state index in [-0.39, 0.29) is 63.2 Å². The molecule has 0 saturated carbocycles. The van der Waals surface area contributed by atoms with Crippen LogP contribution in [0.5, 0.6) is 40.2 Å². The summed E-state index contributed by atoms with van der Waals surface area (Å²) in [4.78, 5) is 25.6. The van der Waals surface area contributed by atoms with Gasteiger partial charge in [-0.1, -0.05) is 17.7 Å². The fraction of sp³-hybridized carbons (Fsp3) is 0.125. The number of hydrogen-bond acceptors (Lipinski definition) is 11. The van der Waals surface area contributed by atoms with Crippen LogP contribution in [0.4, 0.5) is 0 Å². The molecule has 1 aliphatic rings. The van der Waals surface area contributed by atoms with Crippen molar-refractivity contribution < 1.29 is 48.6 Å². The van der Waals surface area contributed by atoms with Crippen molar-refractivity contribution in [3.05, 3.63) is 99.2 Å². The van der Waals surface area contributed by atoms with Gasteiger partial charge in [0.1, 0.15) is 29.1 Å². The van der Waals surface area contributed by atoms with E-state index >= 15 is 0 Å². The van der Waals surface area contributed by atoms with E-state index in [9.17, 15) is 30.0 Å². The van der Waals surface area contributed by atoms with Crippen LogP contribution in [0.2, 0.25) is 5.02 Å². The highest BCUT2D eigenvalue weighted by Crippen LogP contribution is 2.44. The van der Waals surface area contributed by atoms with Crippen molar-refractivity contribution in [1.82, 2.24) is 0 Å². The van der Waals surface area contributed by atoms with Gasteiger partial charge in [-0.2, -0.15) is 0 Å². The smallest absolute Gasteiger partial charge is 0.338 e. The normalized spacial score (nSPS) is 15.6. The molecule has 4 N–H and O–H groups in total. The number of carbonyl (C=O) groups is 1. The van der Waals surface area contributed by atoms with Crippen molar-refractivity contribution in [2.24, 2.45) is 0 Å². The van der Waals surface area contributed by atoms with Gasteiger partial charge in [-0.3, -0.25) is 4.79 Å². The van der Waals surface area contributed by atoms with Crippen LogP contribution in [-0.2, 0) is 4.74 Å². The number of esters is 1. The summed E-state index contributed by atoms with van der Waals surface area (Å²) in [6, 6.07) is 17.4. The molecule has 0 fully saturated rings. The SMILES string of the molecule is COc1cc(C2Oc3cc(-c4oc5cc(O)cc(O)c5c(=O)c4O)ccc3OC2COC(=O)c2ccc(Cl)cc2)ccc1O. The summed E-state index contributed by atoms with van der Waals surface area (Å²) >= 11 is 5.92. The largest absolute Gasteiger partial charge is 0.508 e. The van der Waals surface area contributed by atoms with Gasteiger partial charge in [-0.05, 0) is 54.6 Å². The van der Waals surface area contributed by atoms with Gasteiger partial charge < -0.3 is 43.8 Å². The molecular weight excluding hydrogens is 596 g/mol. The number of rotatable bonds is 6. The number of aromatic hydroxyl groups is 4. The van der Waals surface area contributed by atoms with E-state index in [2.05, 4.69) is 0 Å². The number of carbonyl (C=O) groups excluding carboxylic acids is 1. The Morgan fingerprint density at radius 2 is 1.66 bits per heavy atom. The van der Waals surface area contributed by atoms with Gasteiger partial charge in [0.25, 0.3) is 0 Å². The summed E-state index contributed by atoms with van der Waals surface area (Å²) in [5, 5.41) is 41.0. The Labute approximate surface area is 253 Å². The van der Waals surface area contributed by atoms with Crippen molar-refractivity contribution in [3.63, 3.8) is 0 Å². The molecule has 2 unspecified atom stereocenters. The fourth-order valence-corrected chi connectivity index (χ4v) is 4.98. The van der Waals surface area contributed by atoms with Crippen LogP contribution in [0.3, 0.4) is 0 Å². The lowest BCUT2D eigenvalue weighted by atomic mass is 10.0. The third-order valence-corrected chi connectivity index (χ3v) is 7.25. The lowest BCUT2D eigenvalue weighted by Crippen LogP contribution is -2.37. The predicted molar refractivity (Wildman–Crippen MR) is 157 cm³/mol. The Kier molecular flexibility index (Phi) is 7.32. The standard InChI is InChI=1S/C32H23ClO11/c1-40-23-10-16(4-8-20(23)35)30-26(14-41-32(39)15-2-6-18(33)7-3-15)42-22-9-5-17(11-24(22)43-30)31-29(38)28(37)27-21(36)12-19(34)13-25(27)44-31/h2-13,26,30,34-36,38H,14H2,1H3. The number of phenolic OH excluding ortho intramolecular Hbond substituents is 3. The molecule has 11 nitrogen and oxygen atoms in total. The van der Waals surface area contributed by atoms with E-state index in [1.54, 1.807) is 24.3 Å². The van der Waals surface area contributed by atoms with Gasteiger partial charge in [0.05, 0.1) is 12.7 Å². The van der Waals surface area contributed by atoms with Crippen molar-refractivity contribution >= 4 is 28.5 Å². The number of halogens is 1. The summed E-state index contributed by atoms with van der Waals surface area (Å²) in [5.41, 5.74) is -0.00921. The molecule has 0 bridgehead atoms. The molecule has 0 aliphatic carbocycles. The molecule has 1 aliphatic heterocycles. The van der Waals surface area contributed by atoms with E-state index < -0.39 is 35.1 Å². The van der Waals surface area contributed by atoms with E-state index in [0.717, 1.165) is 12.1 Å². The van der Waals surface area contributed by atoms with Crippen LogP contribution in [0.25, 0.3) is 22.3 Å². The van der Waals surface area contributed by atoms with Crippen LogP contribution >= 0.6 is 11.6 Å². The molecule has 4 aromatic carbocycles. The predicted octanol–water partition coefficient (Wildman–Crippen LogP) is 5.68. The molecule has 1 aromatic heterocycles. The van der Waals surface area contributed by atoms with Crippen molar-refractivity contribution in [3.8, 4) is 51.6 Å². The topological polar surface area (TPSA) is 165 Å². The van der Waals surface area contributed by atoms with Gasteiger partial charge in [-0.25, -0.2) is 4.79 Å². The number of hydrogen-bond donors (Lipinski definition) is 4. The third kappa shape index (κ3) is 5.25. The second-order valence-electron chi connectivity index (χ2n) is 9.84. The Morgan fingerprint density at radius 1 is 0.886 bits per heavy atom. The van der Waals surface area contributed by atoms with Crippen molar-refractivity contribution in [1.29, 1.82) is 0 Å². The Morgan fingerprint density at radius 3 is 2.41 bits per heavy atom. The summed E-state index contributed by atoms with van der Waals surface area (Å²) in [5.74, 6) is -1.95. The first-order chi connectivity index (χ1) is 21.1. The Balaban J connectivity index is 1.37. The second-order valence-corrected chi connectivity index (χ2v) is 10.3. The lowest BCUT2D eigenvalue weighted by Gasteiger charge is -2.34. The summed E-state index contributed by atoms with van der Waals surface area (Å²) in [7, 11) is 1.40. The molecule has 0 saturated heterocycles. The molecule has 2 atom stereocenters. The van der Waals surface area contributed by atoms with E-state index in [1.165, 1.54) is 43.5 Å². The highest BCUT2D eigenvalue weighted by Gasteiger charge is 2.35. The van der Waals surface area contributed by atoms with Gasteiger partial charge in [0, 0.05) is 28.3 Å². The van der Waals surface area contributed by atoms with Gasteiger partial charge >= 0.3 is 5.97 Å². The highest BCUT2D eigenvalue weighted by molar-refractivity contribution is 6.30. The Bertz CT molecular complexity index is 1970. The molecule has 44 heavy (non-hydrogen) atoms. The minimum atomic E-state index is -0.898. The molecule has 2 heterocycles. The van der Waals surface area contributed by atoms with Crippen molar-refractivity contribution in [2.75, 3.05) is 13.7 Å².